The van der Waals surface area contributed by atoms with E-state index in [9.17, 15) is 4.79 Å². The summed E-state index contributed by atoms with van der Waals surface area (Å²) in [5.41, 5.74) is 0.909. The van der Waals surface area contributed by atoms with Crippen molar-refractivity contribution < 1.29 is 4.79 Å². The van der Waals surface area contributed by atoms with Crippen LogP contribution in [0.15, 0.2) is 35.7 Å². The second-order valence-corrected chi connectivity index (χ2v) is 5.18. The van der Waals surface area contributed by atoms with E-state index in [2.05, 4.69) is 21.7 Å². The van der Waals surface area contributed by atoms with Crippen LogP contribution in [-0.4, -0.2) is 10.9 Å². The van der Waals surface area contributed by atoms with Crippen LogP contribution in [0.2, 0.25) is 0 Å². The lowest BCUT2D eigenvalue weighted by Crippen LogP contribution is -2.12. The Kier molecular flexibility index (Phi) is 4.47. The molecule has 1 amide bonds. The molecular weight excluding hydrogens is 244 g/mol. The van der Waals surface area contributed by atoms with E-state index in [1.54, 1.807) is 11.3 Å². The van der Waals surface area contributed by atoms with Gasteiger partial charge in [-0.2, -0.15) is 0 Å². The van der Waals surface area contributed by atoms with Crippen molar-refractivity contribution in [3.8, 4) is 0 Å². The molecule has 2 aromatic rings. The summed E-state index contributed by atoms with van der Waals surface area (Å²) in [4.78, 5) is 17.3. The molecule has 0 bridgehead atoms. The number of aryl methyl sites for hydroxylation is 2. The Hall–Kier alpha value is -1.68. The van der Waals surface area contributed by atoms with Crippen LogP contribution in [0.3, 0.4) is 0 Å². The van der Waals surface area contributed by atoms with Gasteiger partial charge in [-0.25, -0.2) is 4.98 Å². The Morgan fingerprint density at radius 2 is 2.22 bits per heavy atom. The van der Waals surface area contributed by atoms with Gasteiger partial charge in [-0.3, -0.25) is 4.79 Å². The molecule has 0 atom stereocenters. The molecule has 1 N–H and O–H groups in total. The molecule has 0 aromatic carbocycles. The quantitative estimate of drug-likeness (QED) is 0.895. The third kappa shape index (κ3) is 3.96. The first kappa shape index (κ1) is 12.8. The average molecular weight is 260 g/mol. The Balaban J connectivity index is 1.75. The molecule has 94 valence electrons. The van der Waals surface area contributed by atoms with E-state index in [1.807, 2.05) is 31.2 Å². The van der Waals surface area contributed by atoms with E-state index >= 15 is 0 Å². The molecular formula is C14H16N2OS. The van der Waals surface area contributed by atoms with Crippen LogP contribution < -0.4 is 5.32 Å². The smallest absolute Gasteiger partial charge is 0.225 e. The molecule has 0 saturated carbocycles. The van der Waals surface area contributed by atoms with E-state index in [-0.39, 0.29) is 5.91 Å². The Morgan fingerprint density at radius 3 is 2.94 bits per heavy atom. The fourth-order valence-electron chi connectivity index (χ4n) is 1.70. The summed E-state index contributed by atoms with van der Waals surface area (Å²) in [6.07, 6.45) is 2.37. The Labute approximate surface area is 111 Å². The van der Waals surface area contributed by atoms with Crippen molar-refractivity contribution in [1.29, 1.82) is 0 Å². The van der Waals surface area contributed by atoms with Gasteiger partial charge in [0.1, 0.15) is 5.82 Å². The van der Waals surface area contributed by atoms with Gasteiger partial charge < -0.3 is 5.32 Å². The molecule has 0 unspecified atom stereocenters. The van der Waals surface area contributed by atoms with Gasteiger partial charge in [-0.05, 0) is 43.3 Å². The highest BCUT2D eigenvalue weighted by molar-refractivity contribution is 7.09. The number of amides is 1. The van der Waals surface area contributed by atoms with Crippen LogP contribution in [0, 0.1) is 6.92 Å². The number of carbonyl (C=O) groups is 1. The number of carbonyl (C=O) groups excluding carboxylic acids is 1. The number of thiophene rings is 1. The largest absolute Gasteiger partial charge is 0.311 e. The zero-order valence-electron chi connectivity index (χ0n) is 10.3. The third-order valence-electron chi connectivity index (χ3n) is 2.56. The fourth-order valence-corrected chi connectivity index (χ4v) is 2.45. The Bertz CT molecular complexity index is 508. The summed E-state index contributed by atoms with van der Waals surface area (Å²) < 4.78 is 0. The molecule has 2 heterocycles. The van der Waals surface area contributed by atoms with Crippen LogP contribution >= 0.6 is 11.3 Å². The van der Waals surface area contributed by atoms with Gasteiger partial charge in [0.2, 0.25) is 5.91 Å². The lowest BCUT2D eigenvalue weighted by molar-refractivity contribution is -0.116. The molecule has 2 rings (SSSR count). The van der Waals surface area contributed by atoms with Gasteiger partial charge in [0.05, 0.1) is 0 Å². The van der Waals surface area contributed by atoms with Crippen molar-refractivity contribution in [1.82, 2.24) is 4.98 Å². The number of hydrogen-bond acceptors (Lipinski definition) is 3. The summed E-state index contributed by atoms with van der Waals surface area (Å²) in [5, 5.41) is 4.88. The van der Waals surface area contributed by atoms with Crippen LogP contribution in [0.25, 0.3) is 0 Å². The standard InChI is InChI=1S/C14H16N2OS/c1-11-5-2-8-13(15-11)16-14(17)9-3-6-12-7-4-10-18-12/h2,4-5,7-8,10H,3,6,9H2,1H3,(H,15,16,17). The summed E-state index contributed by atoms with van der Waals surface area (Å²) in [6, 6.07) is 9.75. The zero-order valence-corrected chi connectivity index (χ0v) is 11.2. The molecule has 0 saturated heterocycles. The van der Waals surface area contributed by atoms with Crippen molar-refractivity contribution in [3.05, 3.63) is 46.3 Å². The topological polar surface area (TPSA) is 42.0 Å². The van der Waals surface area contributed by atoms with E-state index in [0.29, 0.717) is 12.2 Å². The number of pyridine rings is 1. The van der Waals surface area contributed by atoms with Crippen molar-refractivity contribution >= 4 is 23.1 Å². The number of aromatic nitrogens is 1. The van der Waals surface area contributed by atoms with E-state index < -0.39 is 0 Å². The van der Waals surface area contributed by atoms with Gasteiger partial charge in [-0.1, -0.05) is 12.1 Å². The lowest BCUT2D eigenvalue weighted by Gasteiger charge is -2.04. The van der Waals surface area contributed by atoms with Crippen molar-refractivity contribution in [3.63, 3.8) is 0 Å². The number of nitrogens with zero attached hydrogens (tertiary/aromatic N) is 1. The first-order chi connectivity index (χ1) is 8.74. The molecule has 0 spiro atoms. The highest BCUT2D eigenvalue weighted by Gasteiger charge is 2.03. The first-order valence-electron chi connectivity index (χ1n) is 6.00. The van der Waals surface area contributed by atoms with Crippen molar-refractivity contribution in [2.75, 3.05) is 5.32 Å². The van der Waals surface area contributed by atoms with Crippen molar-refractivity contribution in [2.45, 2.75) is 26.2 Å². The second-order valence-electron chi connectivity index (χ2n) is 4.15. The van der Waals surface area contributed by atoms with E-state index in [1.165, 1.54) is 4.88 Å². The summed E-state index contributed by atoms with van der Waals surface area (Å²) in [7, 11) is 0. The molecule has 0 aliphatic carbocycles. The minimum atomic E-state index is 0.0321. The van der Waals surface area contributed by atoms with Crippen molar-refractivity contribution in [2.24, 2.45) is 0 Å². The van der Waals surface area contributed by atoms with Crippen LogP contribution in [0.5, 0.6) is 0 Å². The minimum absolute atomic E-state index is 0.0321. The molecule has 4 heteroatoms. The van der Waals surface area contributed by atoms with Gasteiger partial charge in [-0.15, -0.1) is 11.3 Å². The predicted molar refractivity (Wildman–Crippen MR) is 74.9 cm³/mol. The minimum Gasteiger partial charge on any atom is -0.311 e. The highest BCUT2D eigenvalue weighted by Crippen LogP contribution is 2.12. The maximum atomic E-state index is 11.7. The number of hydrogen-bond donors (Lipinski definition) is 1. The highest BCUT2D eigenvalue weighted by atomic mass is 32.1. The van der Waals surface area contributed by atoms with Gasteiger partial charge in [0.15, 0.2) is 0 Å². The van der Waals surface area contributed by atoms with Gasteiger partial charge >= 0.3 is 0 Å². The van der Waals surface area contributed by atoms with Crippen LogP contribution in [0.4, 0.5) is 5.82 Å². The fraction of sp³-hybridized carbons (Fsp3) is 0.286. The predicted octanol–water partition coefficient (Wildman–Crippen LogP) is 3.41. The SMILES string of the molecule is Cc1cccc(NC(=O)CCCc2cccs2)n1. The van der Waals surface area contributed by atoms with E-state index in [0.717, 1.165) is 18.5 Å². The number of nitrogens with one attached hydrogen (secondary N) is 1. The van der Waals surface area contributed by atoms with Crippen LogP contribution in [0.1, 0.15) is 23.4 Å². The third-order valence-corrected chi connectivity index (χ3v) is 3.50. The number of anilines is 1. The molecule has 0 radical (unpaired) electrons. The summed E-state index contributed by atoms with van der Waals surface area (Å²) in [6.45, 7) is 1.91. The maximum Gasteiger partial charge on any atom is 0.225 e. The van der Waals surface area contributed by atoms with Crippen LogP contribution in [-0.2, 0) is 11.2 Å². The lowest BCUT2D eigenvalue weighted by atomic mass is 10.2. The summed E-state index contributed by atoms with van der Waals surface area (Å²) in [5.74, 6) is 0.667. The molecule has 18 heavy (non-hydrogen) atoms. The summed E-state index contributed by atoms with van der Waals surface area (Å²) >= 11 is 1.74. The molecule has 3 nitrogen and oxygen atoms in total. The normalized spacial score (nSPS) is 10.3. The average Bonchev–Trinajstić information content (AvgIpc) is 2.82. The monoisotopic (exact) mass is 260 g/mol. The number of rotatable bonds is 5. The molecule has 0 aliphatic rings. The zero-order chi connectivity index (χ0) is 12.8. The second kappa shape index (κ2) is 6.31. The molecule has 0 fully saturated rings. The Morgan fingerprint density at radius 1 is 1.33 bits per heavy atom. The maximum absolute atomic E-state index is 11.7. The van der Waals surface area contributed by atoms with E-state index in [4.69, 9.17) is 0 Å². The molecule has 0 aliphatic heterocycles. The first-order valence-corrected chi connectivity index (χ1v) is 6.88. The molecule has 2 aromatic heterocycles. The van der Waals surface area contributed by atoms with Gasteiger partial charge in [0, 0.05) is 17.0 Å². The van der Waals surface area contributed by atoms with Gasteiger partial charge in [0.25, 0.3) is 0 Å².